The number of rotatable bonds is 13. The molecule has 1 aliphatic rings. The highest BCUT2D eigenvalue weighted by atomic mass is 35.5. The van der Waals surface area contributed by atoms with Crippen molar-refractivity contribution in [2.75, 3.05) is 13.2 Å². The average molecular weight is 733 g/mol. The zero-order valence-electron chi connectivity index (χ0n) is 26.9. The molecule has 13 nitrogen and oxygen atoms in total. The molecular formula is C34H36Cl2FN5O8. The Labute approximate surface area is 296 Å². The normalized spacial score (nSPS) is 14.5. The van der Waals surface area contributed by atoms with Crippen molar-refractivity contribution >= 4 is 57.9 Å². The van der Waals surface area contributed by atoms with E-state index < -0.39 is 48.1 Å². The van der Waals surface area contributed by atoms with E-state index in [2.05, 4.69) is 32.1 Å². The standard InChI is InChI=1S/C27H26Cl2FN5O2.C7H10O6/c1-16(27-22(28)14-31-15-23(27)29)37-20-4-5-25-21(10-20)26(35-34-25)11-24(30)17-2-3-19(32-12-17)13-33-18-6-8-36-9-7-18;1-4(8)7(13,2-5(9)10)3-6(11)12/h2-5,10-12,14-16,18,33H,6-9,13H2,1H3,(H,34,35);8,13H,1-3H2,(H,9,10)(H,11,12)/b24-11-;/t16-;/m1./s1. The minimum atomic E-state index is -2.29. The molecule has 4 aromatic rings. The van der Waals surface area contributed by atoms with Crippen LogP contribution in [0.15, 0.2) is 61.3 Å². The summed E-state index contributed by atoms with van der Waals surface area (Å²) in [5.74, 6) is -3.55. The topological polar surface area (TPSA) is 200 Å². The van der Waals surface area contributed by atoms with E-state index in [1.165, 1.54) is 18.5 Å². The highest BCUT2D eigenvalue weighted by Crippen LogP contribution is 2.34. The second-order valence-electron chi connectivity index (χ2n) is 11.5. The summed E-state index contributed by atoms with van der Waals surface area (Å²) in [7, 11) is 0. The van der Waals surface area contributed by atoms with Gasteiger partial charge in [0.15, 0.2) is 0 Å². The first-order valence-corrected chi connectivity index (χ1v) is 16.1. The molecule has 1 aliphatic heterocycles. The van der Waals surface area contributed by atoms with Crippen LogP contribution in [0.25, 0.3) is 22.8 Å². The Kier molecular flexibility index (Phi) is 13.3. The molecule has 0 unspecified atom stereocenters. The quantitative estimate of drug-likeness (QED) is 0.0843. The highest BCUT2D eigenvalue weighted by molar-refractivity contribution is 6.35. The second kappa shape index (κ2) is 17.4. The number of fused-ring (bicyclic) bond motifs is 1. The number of aromatic amines is 1. The van der Waals surface area contributed by atoms with Crippen molar-refractivity contribution in [3.05, 3.63) is 93.8 Å². The molecule has 0 saturated carbocycles. The number of ether oxygens (including phenoxy) is 2. The fraction of sp³-hybridized carbons (Fsp3) is 0.324. The van der Waals surface area contributed by atoms with Gasteiger partial charge in [0.05, 0.1) is 39.8 Å². The van der Waals surface area contributed by atoms with Gasteiger partial charge in [-0.25, -0.2) is 4.39 Å². The number of nitrogens with zero attached hydrogens (tertiary/aromatic N) is 3. The van der Waals surface area contributed by atoms with Crippen molar-refractivity contribution in [2.24, 2.45) is 0 Å². The van der Waals surface area contributed by atoms with Gasteiger partial charge in [-0.3, -0.25) is 24.7 Å². The number of aromatic nitrogens is 4. The molecule has 1 aromatic carbocycles. The van der Waals surface area contributed by atoms with Crippen molar-refractivity contribution < 1.29 is 43.9 Å². The lowest BCUT2D eigenvalue weighted by Crippen LogP contribution is -2.36. The number of H-pyrrole nitrogens is 1. The number of carbonyl (C=O) groups is 2. The van der Waals surface area contributed by atoms with Crippen LogP contribution >= 0.6 is 23.2 Å². The highest BCUT2D eigenvalue weighted by Gasteiger charge is 2.36. The van der Waals surface area contributed by atoms with Crippen LogP contribution in [0.2, 0.25) is 10.0 Å². The molecule has 0 aliphatic carbocycles. The smallest absolute Gasteiger partial charge is 0.306 e. The van der Waals surface area contributed by atoms with Crippen LogP contribution in [-0.4, -0.2) is 77.4 Å². The van der Waals surface area contributed by atoms with E-state index >= 15 is 4.39 Å². The number of benzene rings is 1. The molecule has 4 heterocycles. The lowest BCUT2D eigenvalue weighted by atomic mass is 9.94. The second-order valence-corrected chi connectivity index (χ2v) is 12.3. The number of hydrogen-bond donors (Lipinski definition) is 6. The predicted molar refractivity (Wildman–Crippen MR) is 185 cm³/mol. The summed E-state index contributed by atoms with van der Waals surface area (Å²) >= 11 is 12.5. The van der Waals surface area contributed by atoms with Crippen LogP contribution in [0.5, 0.6) is 5.75 Å². The number of nitrogens with one attached hydrogen (secondary N) is 2. The van der Waals surface area contributed by atoms with Gasteiger partial charge in [-0.05, 0) is 50.1 Å². The number of carboxylic acid groups (broad SMARTS) is 2. The fourth-order valence-electron chi connectivity index (χ4n) is 5.06. The Bertz CT molecular complexity index is 1810. The van der Waals surface area contributed by atoms with Gasteiger partial charge >= 0.3 is 11.9 Å². The lowest BCUT2D eigenvalue weighted by molar-refractivity contribution is -0.148. The third-order valence-electron chi connectivity index (χ3n) is 7.75. The number of aliphatic carboxylic acids is 2. The molecular weight excluding hydrogens is 696 g/mol. The van der Waals surface area contributed by atoms with Gasteiger partial charge in [0.2, 0.25) is 0 Å². The Balaban J connectivity index is 0.000000369. The Morgan fingerprint density at radius 3 is 2.36 bits per heavy atom. The van der Waals surface area contributed by atoms with Gasteiger partial charge in [-0.15, -0.1) is 0 Å². The molecule has 0 radical (unpaired) electrons. The number of carboxylic acids is 2. The monoisotopic (exact) mass is 731 g/mol. The Morgan fingerprint density at radius 2 is 1.78 bits per heavy atom. The zero-order chi connectivity index (χ0) is 36.4. The van der Waals surface area contributed by atoms with E-state index in [-0.39, 0.29) is 0 Å². The van der Waals surface area contributed by atoms with Gasteiger partial charge in [-0.2, -0.15) is 5.10 Å². The molecule has 5 rings (SSSR count). The largest absolute Gasteiger partial charge is 0.510 e. The first-order chi connectivity index (χ1) is 23.8. The Hall–Kier alpha value is -4.60. The van der Waals surface area contributed by atoms with Crippen molar-refractivity contribution in [1.82, 2.24) is 25.5 Å². The summed E-state index contributed by atoms with van der Waals surface area (Å²) in [6.45, 7) is 6.96. The van der Waals surface area contributed by atoms with Crippen molar-refractivity contribution in [3.63, 3.8) is 0 Å². The molecule has 266 valence electrons. The van der Waals surface area contributed by atoms with Crippen molar-refractivity contribution in [3.8, 4) is 5.75 Å². The third-order valence-corrected chi connectivity index (χ3v) is 8.36. The number of aliphatic hydroxyl groups is 2. The van der Waals surface area contributed by atoms with Crippen LogP contribution in [0, 0.1) is 0 Å². The maximum Gasteiger partial charge on any atom is 0.306 e. The summed E-state index contributed by atoms with van der Waals surface area (Å²) in [5.41, 5.74) is 0.816. The maximum absolute atomic E-state index is 15.1. The van der Waals surface area contributed by atoms with Crippen LogP contribution < -0.4 is 10.1 Å². The van der Waals surface area contributed by atoms with Crippen molar-refractivity contribution in [2.45, 2.75) is 56.9 Å². The Morgan fingerprint density at radius 1 is 1.12 bits per heavy atom. The van der Waals surface area contributed by atoms with Crippen LogP contribution in [0.3, 0.4) is 0 Å². The summed E-state index contributed by atoms with van der Waals surface area (Å²) in [5, 5.41) is 47.0. The lowest BCUT2D eigenvalue weighted by Gasteiger charge is -2.23. The third kappa shape index (κ3) is 10.5. The van der Waals surface area contributed by atoms with E-state index in [1.54, 1.807) is 30.5 Å². The minimum absolute atomic E-state index is 0.389. The minimum Gasteiger partial charge on any atom is -0.510 e. The van der Waals surface area contributed by atoms with Gasteiger partial charge in [0.1, 0.15) is 29.0 Å². The zero-order valence-corrected chi connectivity index (χ0v) is 28.4. The van der Waals surface area contributed by atoms with E-state index in [0.717, 1.165) is 37.1 Å². The molecule has 1 atom stereocenters. The summed E-state index contributed by atoms with van der Waals surface area (Å²) in [6.07, 6.45) is 5.78. The number of pyridine rings is 2. The van der Waals surface area contributed by atoms with Gasteiger partial charge < -0.3 is 35.2 Å². The van der Waals surface area contributed by atoms with Gasteiger partial charge in [0, 0.05) is 67.0 Å². The van der Waals surface area contributed by atoms with Crippen LogP contribution in [0.4, 0.5) is 4.39 Å². The molecule has 1 saturated heterocycles. The van der Waals surface area contributed by atoms with Crippen LogP contribution in [0.1, 0.15) is 61.2 Å². The maximum atomic E-state index is 15.1. The van der Waals surface area contributed by atoms with Gasteiger partial charge in [-0.1, -0.05) is 29.8 Å². The number of hydrogen-bond acceptors (Lipinski definition) is 10. The molecule has 50 heavy (non-hydrogen) atoms. The molecule has 6 N–H and O–H groups in total. The summed E-state index contributed by atoms with van der Waals surface area (Å²) < 4.78 is 26.6. The molecule has 3 aromatic heterocycles. The van der Waals surface area contributed by atoms with E-state index in [9.17, 15) is 14.7 Å². The first-order valence-electron chi connectivity index (χ1n) is 15.4. The van der Waals surface area contributed by atoms with Crippen LogP contribution in [-0.2, 0) is 20.9 Å². The first kappa shape index (κ1) is 38.2. The fourth-order valence-corrected chi connectivity index (χ4v) is 5.73. The van der Waals surface area contributed by atoms with Crippen molar-refractivity contribution in [1.29, 1.82) is 0 Å². The summed E-state index contributed by atoms with van der Waals surface area (Å²) in [6, 6.07) is 9.40. The number of aliphatic hydroxyl groups excluding tert-OH is 1. The van der Waals surface area contributed by atoms with Gasteiger partial charge in [0.25, 0.3) is 0 Å². The molecule has 0 amide bonds. The van der Waals surface area contributed by atoms with E-state index in [0.29, 0.717) is 50.7 Å². The average Bonchev–Trinajstić information content (AvgIpc) is 3.45. The molecule has 0 spiro atoms. The SMILES string of the molecule is C=C(O)C(O)(CC(=O)O)CC(=O)O.C[C@@H](Oc1ccc2n[nH]c(/C=C(\F)c3ccc(CNC4CCOCC4)nc3)c2c1)c1c(Cl)cncc1Cl. The summed E-state index contributed by atoms with van der Waals surface area (Å²) in [4.78, 5) is 28.8. The molecule has 0 bridgehead atoms. The van der Waals surface area contributed by atoms with E-state index in [1.807, 2.05) is 13.0 Å². The molecule has 1 fully saturated rings. The predicted octanol–water partition coefficient (Wildman–Crippen LogP) is 6.27. The van der Waals surface area contributed by atoms with E-state index in [4.69, 9.17) is 48.0 Å². The molecule has 16 heteroatoms. The number of halogens is 3.